The molecule has 0 amide bonds. The molecule has 1 N–H and O–H groups in total. The van der Waals surface area contributed by atoms with Crippen LogP contribution in [0.3, 0.4) is 0 Å². The van der Waals surface area contributed by atoms with Gasteiger partial charge in [-0.1, -0.05) is 19.0 Å². The van der Waals surface area contributed by atoms with E-state index in [9.17, 15) is 8.42 Å². The number of hydrogen-bond donors (Lipinski definition) is 1. The highest BCUT2D eigenvalue weighted by Gasteiger charge is 2.21. The number of nitrogens with one attached hydrogen (secondary N) is 1. The van der Waals surface area contributed by atoms with E-state index < -0.39 is 10.0 Å². The van der Waals surface area contributed by atoms with E-state index in [1.807, 2.05) is 26.8 Å². The van der Waals surface area contributed by atoms with Gasteiger partial charge in [-0.05, 0) is 6.92 Å². The van der Waals surface area contributed by atoms with Crippen LogP contribution in [-0.4, -0.2) is 91.7 Å². The topological polar surface area (TPSA) is 94.3 Å². The molecule has 27 heavy (non-hydrogen) atoms. The summed E-state index contributed by atoms with van der Waals surface area (Å²) in [5, 5.41) is 7.24. The lowest BCUT2D eigenvalue weighted by Crippen LogP contribution is -2.52. The predicted molar refractivity (Wildman–Crippen MR) is 106 cm³/mol. The summed E-state index contributed by atoms with van der Waals surface area (Å²) in [4.78, 5) is 9.06. The van der Waals surface area contributed by atoms with Gasteiger partial charge in [0.2, 0.25) is 10.0 Å². The van der Waals surface area contributed by atoms with E-state index in [1.165, 1.54) is 4.31 Å². The molecule has 0 saturated carbocycles. The summed E-state index contributed by atoms with van der Waals surface area (Å²) < 4.78 is 31.0. The van der Waals surface area contributed by atoms with Gasteiger partial charge in [-0.2, -0.15) is 0 Å². The van der Waals surface area contributed by atoms with Crippen LogP contribution in [0.5, 0.6) is 0 Å². The molecular formula is C17H32N6O3S. The van der Waals surface area contributed by atoms with Crippen molar-refractivity contribution in [2.75, 3.05) is 58.1 Å². The Bertz CT molecular complexity index is 665. The van der Waals surface area contributed by atoms with Gasteiger partial charge in [0.15, 0.2) is 5.96 Å². The molecule has 0 spiro atoms. The minimum absolute atomic E-state index is 0.0374. The number of aromatic nitrogens is 1. The van der Waals surface area contributed by atoms with Gasteiger partial charge in [-0.25, -0.2) is 12.7 Å². The van der Waals surface area contributed by atoms with E-state index in [0.29, 0.717) is 13.1 Å². The van der Waals surface area contributed by atoms with Gasteiger partial charge in [0.25, 0.3) is 0 Å². The second-order valence-electron chi connectivity index (χ2n) is 6.39. The van der Waals surface area contributed by atoms with Crippen molar-refractivity contribution < 1.29 is 12.9 Å². The Labute approximate surface area is 162 Å². The third-order valence-electron chi connectivity index (χ3n) is 4.59. The van der Waals surface area contributed by atoms with E-state index in [1.54, 1.807) is 6.26 Å². The average Bonchev–Trinajstić information content (AvgIpc) is 3.15. The molecule has 154 valence electrons. The van der Waals surface area contributed by atoms with Crippen LogP contribution in [0.25, 0.3) is 0 Å². The monoisotopic (exact) mass is 400 g/mol. The molecule has 1 fully saturated rings. The molecule has 0 radical (unpaired) electrons. The summed E-state index contributed by atoms with van der Waals surface area (Å²) in [6, 6.07) is 1.88. The summed E-state index contributed by atoms with van der Waals surface area (Å²) in [6.45, 7) is 12.0. The molecule has 2 heterocycles. The van der Waals surface area contributed by atoms with Crippen molar-refractivity contribution in [3.8, 4) is 0 Å². The van der Waals surface area contributed by atoms with Crippen LogP contribution >= 0.6 is 0 Å². The molecule has 0 bridgehead atoms. The minimum Gasteiger partial charge on any atom is -0.364 e. The third kappa shape index (κ3) is 6.47. The number of guanidine groups is 1. The zero-order valence-electron chi connectivity index (χ0n) is 16.6. The minimum atomic E-state index is -3.25. The highest BCUT2D eigenvalue weighted by atomic mass is 32.2. The molecule has 1 aromatic rings. The zero-order valence-corrected chi connectivity index (χ0v) is 17.4. The highest BCUT2D eigenvalue weighted by molar-refractivity contribution is 7.89. The molecule has 0 aliphatic carbocycles. The molecular weight excluding hydrogens is 368 g/mol. The van der Waals surface area contributed by atoms with Crippen LogP contribution in [0.4, 0.5) is 0 Å². The van der Waals surface area contributed by atoms with Crippen molar-refractivity contribution in [1.82, 2.24) is 24.6 Å². The van der Waals surface area contributed by atoms with Gasteiger partial charge >= 0.3 is 0 Å². The fraction of sp³-hybridized carbons (Fsp3) is 0.765. The van der Waals surface area contributed by atoms with Crippen molar-refractivity contribution in [1.29, 1.82) is 0 Å². The maximum Gasteiger partial charge on any atom is 0.215 e. The molecule has 2 rings (SSSR count). The van der Waals surface area contributed by atoms with Gasteiger partial charge in [0.1, 0.15) is 6.26 Å². The Hall–Kier alpha value is -1.65. The summed E-state index contributed by atoms with van der Waals surface area (Å²) in [5.74, 6) is 0.823. The third-order valence-corrected chi connectivity index (χ3v) is 6.59. The maximum atomic E-state index is 12.3. The average molecular weight is 401 g/mol. The van der Waals surface area contributed by atoms with Crippen LogP contribution in [0, 0.1) is 0 Å². The molecule has 0 aromatic carbocycles. The number of sulfonamides is 1. The highest BCUT2D eigenvalue weighted by Crippen LogP contribution is 2.08. The largest absolute Gasteiger partial charge is 0.364 e. The smallest absolute Gasteiger partial charge is 0.215 e. The lowest BCUT2D eigenvalue weighted by molar-refractivity contribution is 0.169. The van der Waals surface area contributed by atoms with Crippen LogP contribution in [0.2, 0.25) is 0 Å². The first-order valence-corrected chi connectivity index (χ1v) is 11.2. The second kappa shape index (κ2) is 10.6. The quantitative estimate of drug-likeness (QED) is 0.474. The first-order chi connectivity index (χ1) is 13.0. The Balaban J connectivity index is 1.88. The van der Waals surface area contributed by atoms with E-state index in [0.717, 1.165) is 50.9 Å². The Morgan fingerprint density at radius 1 is 1.26 bits per heavy atom. The van der Waals surface area contributed by atoms with E-state index in [2.05, 4.69) is 25.3 Å². The Morgan fingerprint density at radius 2 is 1.96 bits per heavy atom. The van der Waals surface area contributed by atoms with E-state index in [4.69, 9.17) is 4.52 Å². The molecule has 0 unspecified atom stereocenters. The lowest BCUT2D eigenvalue weighted by Gasteiger charge is -2.36. The van der Waals surface area contributed by atoms with Crippen molar-refractivity contribution in [2.24, 2.45) is 4.99 Å². The standard InChI is InChI=1S/C17H32N6O3S/c1-4-18-17(19-8-14-27(24,25)23(5-2)6-3)22-11-9-21(10-12-22)15-16-7-13-26-20-16/h7,13H,4-6,8-12,14-15H2,1-3H3,(H,18,19). The molecule has 1 aromatic heterocycles. The number of piperazine rings is 1. The SMILES string of the molecule is CCNC(=NCCS(=O)(=O)N(CC)CC)N1CCN(Cc2ccon2)CC1. The lowest BCUT2D eigenvalue weighted by atomic mass is 10.3. The zero-order chi connectivity index (χ0) is 19.7. The summed E-state index contributed by atoms with van der Waals surface area (Å²) >= 11 is 0. The molecule has 1 aliphatic rings. The molecule has 0 atom stereocenters. The second-order valence-corrected chi connectivity index (χ2v) is 8.48. The van der Waals surface area contributed by atoms with Crippen LogP contribution in [-0.2, 0) is 16.6 Å². The van der Waals surface area contributed by atoms with Gasteiger partial charge < -0.3 is 14.7 Å². The van der Waals surface area contributed by atoms with Gasteiger partial charge in [0.05, 0.1) is 18.0 Å². The van der Waals surface area contributed by atoms with Gasteiger partial charge in [-0.3, -0.25) is 9.89 Å². The number of hydrogen-bond acceptors (Lipinski definition) is 6. The van der Waals surface area contributed by atoms with E-state index in [-0.39, 0.29) is 12.3 Å². The first kappa shape index (κ1) is 21.6. The first-order valence-electron chi connectivity index (χ1n) is 9.62. The predicted octanol–water partition coefficient (Wildman–Crippen LogP) is 0.429. The van der Waals surface area contributed by atoms with Crippen molar-refractivity contribution in [3.63, 3.8) is 0 Å². The maximum absolute atomic E-state index is 12.3. The molecule has 1 aliphatic heterocycles. The van der Waals surface area contributed by atoms with Crippen LogP contribution < -0.4 is 5.32 Å². The fourth-order valence-corrected chi connectivity index (χ4v) is 4.47. The summed E-state index contributed by atoms with van der Waals surface area (Å²) in [7, 11) is -3.25. The Kier molecular flexibility index (Phi) is 8.52. The van der Waals surface area contributed by atoms with Crippen molar-refractivity contribution >= 4 is 16.0 Å². The number of nitrogens with zero attached hydrogens (tertiary/aromatic N) is 5. The fourth-order valence-electron chi connectivity index (χ4n) is 3.10. The van der Waals surface area contributed by atoms with Gasteiger partial charge in [0, 0.05) is 58.4 Å². The van der Waals surface area contributed by atoms with Gasteiger partial charge in [-0.15, -0.1) is 0 Å². The van der Waals surface area contributed by atoms with Crippen molar-refractivity contribution in [3.05, 3.63) is 18.0 Å². The number of aliphatic imine (C=N–C) groups is 1. The van der Waals surface area contributed by atoms with Crippen LogP contribution in [0.15, 0.2) is 21.8 Å². The molecule has 9 nitrogen and oxygen atoms in total. The van der Waals surface area contributed by atoms with Crippen molar-refractivity contribution in [2.45, 2.75) is 27.3 Å². The number of rotatable bonds is 9. The summed E-state index contributed by atoms with van der Waals surface area (Å²) in [5.41, 5.74) is 0.936. The Morgan fingerprint density at radius 3 is 2.52 bits per heavy atom. The molecule has 10 heteroatoms. The summed E-state index contributed by atoms with van der Waals surface area (Å²) in [6.07, 6.45) is 1.59. The van der Waals surface area contributed by atoms with Crippen LogP contribution in [0.1, 0.15) is 26.5 Å². The normalized spacial score (nSPS) is 16.9. The van der Waals surface area contributed by atoms with E-state index >= 15 is 0 Å². The molecule has 1 saturated heterocycles.